The molecule has 1 saturated heterocycles. The lowest BCUT2D eigenvalue weighted by Crippen LogP contribution is -2.74. The molecule has 2 fully saturated rings. The van der Waals surface area contributed by atoms with E-state index in [9.17, 15) is 19.2 Å². The molecule has 2 heterocycles. The van der Waals surface area contributed by atoms with Gasteiger partial charge >= 0.3 is 0 Å². The molecule has 0 radical (unpaired) electrons. The SMILES string of the molecule is CNC(=O)[C@@H]1CCCN1C(=O)[C@@H](NC(=O)COCCNCCNc1ccc(C(=O)NC2C(C)(C)C(Oc3ccc(C#N)c(Cl)c3)C2(C)C)cn1)C(C)(C)C. The van der Waals surface area contributed by atoms with E-state index < -0.39 is 23.4 Å². The Hall–Kier alpha value is -4.45. The van der Waals surface area contributed by atoms with Crippen LogP contribution in [0, 0.1) is 27.6 Å². The zero-order chi connectivity index (χ0) is 39.8. The second kappa shape index (κ2) is 17.8. The van der Waals surface area contributed by atoms with Gasteiger partial charge in [0, 0.05) is 62.4 Å². The number of pyridine rings is 1. The Labute approximate surface area is 323 Å². The number of carbonyl (C=O) groups excluding carboxylic acids is 4. The lowest BCUT2D eigenvalue weighted by Gasteiger charge is -2.63. The summed E-state index contributed by atoms with van der Waals surface area (Å²) in [5, 5.41) is 24.6. The van der Waals surface area contributed by atoms with Crippen molar-refractivity contribution in [2.24, 2.45) is 16.2 Å². The van der Waals surface area contributed by atoms with Crippen LogP contribution in [0.25, 0.3) is 0 Å². The van der Waals surface area contributed by atoms with Gasteiger partial charge in [-0.05, 0) is 42.5 Å². The van der Waals surface area contributed by atoms with Gasteiger partial charge in [-0.1, -0.05) is 60.1 Å². The first-order valence-electron chi connectivity index (χ1n) is 18.4. The van der Waals surface area contributed by atoms with Crippen LogP contribution in [0.4, 0.5) is 5.82 Å². The number of likely N-dealkylation sites (tertiary alicyclic amines) is 1. The van der Waals surface area contributed by atoms with Crippen LogP contribution in [-0.2, 0) is 19.1 Å². The maximum atomic E-state index is 13.4. The van der Waals surface area contributed by atoms with Gasteiger partial charge in [-0.15, -0.1) is 0 Å². The first kappa shape index (κ1) is 42.3. The quantitative estimate of drug-likeness (QED) is 0.158. The molecule has 1 aromatic heterocycles. The minimum absolute atomic E-state index is 0.174. The summed E-state index contributed by atoms with van der Waals surface area (Å²) in [6.07, 6.45) is 2.66. The first-order chi connectivity index (χ1) is 25.4. The second-order valence-electron chi connectivity index (χ2n) is 16.1. The van der Waals surface area contributed by atoms with Crippen molar-refractivity contribution in [2.45, 2.75) is 85.5 Å². The molecule has 0 spiro atoms. The van der Waals surface area contributed by atoms with E-state index in [1.165, 1.54) is 0 Å². The molecule has 54 heavy (non-hydrogen) atoms. The van der Waals surface area contributed by atoms with E-state index in [-0.39, 0.29) is 47.3 Å². The number of rotatable bonds is 16. The van der Waals surface area contributed by atoms with Crippen molar-refractivity contribution < 1.29 is 28.7 Å². The number of nitriles is 1. The summed E-state index contributed by atoms with van der Waals surface area (Å²) in [6, 6.07) is 9.05. The molecule has 1 aliphatic heterocycles. The number of nitrogens with one attached hydrogen (secondary N) is 5. The van der Waals surface area contributed by atoms with Gasteiger partial charge in [0.2, 0.25) is 17.7 Å². The standard InChI is InChI=1S/C39H55ClN8O6/c1-37(2,3)31(34(52)48-18-9-10-28(48)33(51)42-8)46-30(49)23-53-19-17-43-15-16-44-29-14-12-25(22-45-29)32(50)47-35-38(4,5)36(39(35,6)7)54-26-13-11-24(21-41)27(40)20-26/h11-14,20,22,28,31,35-36,43H,9-10,15-19,23H2,1-8H3,(H,42,51)(H,44,45)(H,46,49)(H,47,50)/t28-,31+,35?,36?/m0/s1. The fourth-order valence-electron chi connectivity index (χ4n) is 7.64. The van der Waals surface area contributed by atoms with Gasteiger partial charge in [0.15, 0.2) is 0 Å². The summed E-state index contributed by atoms with van der Waals surface area (Å²) >= 11 is 6.21. The molecule has 15 heteroatoms. The third kappa shape index (κ3) is 9.99. The number of hydrogen-bond donors (Lipinski definition) is 5. The molecule has 2 atom stereocenters. The Bertz CT molecular complexity index is 1690. The highest BCUT2D eigenvalue weighted by molar-refractivity contribution is 6.31. The Morgan fingerprint density at radius 3 is 2.41 bits per heavy atom. The molecule has 14 nitrogen and oxygen atoms in total. The fourth-order valence-corrected chi connectivity index (χ4v) is 7.86. The maximum Gasteiger partial charge on any atom is 0.253 e. The van der Waals surface area contributed by atoms with E-state index in [2.05, 4.69) is 65.3 Å². The van der Waals surface area contributed by atoms with Crippen LogP contribution < -0.4 is 31.3 Å². The van der Waals surface area contributed by atoms with Crippen molar-refractivity contribution in [1.29, 1.82) is 5.26 Å². The highest BCUT2D eigenvalue weighted by Crippen LogP contribution is 2.55. The number of halogens is 1. The van der Waals surface area contributed by atoms with Gasteiger partial charge in [-0.3, -0.25) is 19.2 Å². The smallest absolute Gasteiger partial charge is 0.253 e. The molecule has 1 aromatic carbocycles. The molecule has 5 N–H and O–H groups in total. The minimum atomic E-state index is -0.794. The molecule has 0 bridgehead atoms. The summed E-state index contributed by atoms with van der Waals surface area (Å²) in [7, 11) is 1.55. The largest absolute Gasteiger partial charge is 0.489 e. The van der Waals surface area contributed by atoms with Crippen LogP contribution in [0.2, 0.25) is 5.02 Å². The Balaban J connectivity index is 1.14. The Kier molecular flexibility index (Phi) is 13.9. The molecular weight excluding hydrogens is 712 g/mol. The van der Waals surface area contributed by atoms with Crippen molar-refractivity contribution >= 4 is 41.0 Å². The van der Waals surface area contributed by atoms with Crippen LogP contribution in [0.15, 0.2) is 36.5 Å². The minimum Gasteiger partial charge on any atom is -0.489 e. The van der Waals surface area contributed by atoms with Crippen LogP contribution in [-0.4, -0.2) is 104 Å². The molecular formula is C39H55ClN8O6. The van der Waals surface area contributed by atoms with E-state index in [0.29, 0.717) is 66.9 Å². The first-order valence-corrected chi connectivity index (χ1v) is 18.8. The van der Waals surface area contributed by atoms with Crippen molar-refractivity contribution in [3.8, 4) is 11.8 Å². The fraction of sp³-hybridized carbons (Fsp3) is 0.590. The van der Waals surface area contributed by atoms with Crippen molar-refractivity contribution in [2.75, 3.05) is 51.8 Å². The van der Waals surface area contributed by atoms with Gasteiger partial charge in [-0.25, -0.2) is 4.98 Å². The van der Waals surface area contributed by atoms with Crippen LogP contribution in [0.1, 0.15) is 77.2 Å². The van der Waals surface area contributed by atoms with Crippen LogP contribution in [0.5, 0.6) is 5.75 Å². The topological polar surface area (TPSA) is 187 Å². The third-order valence-corrected chi connectivity index (χ3v) is 10.5. The second-order valence-corrected chi connectivity index (χ2v) is 16.5. The number of nitrogens with zero attached hydrogens (tertiary/aromatic N) is 3. The van der Waals surface area contributed by atoms with Gasteiger partial charge < -0.3 is 41.0 Å². The average molecular weight is 767 g/mol. The number of carbonyl (C=O) groups is 4. The lowest BCUT2D eigenvalue weighted by molar-refractivity contribution is -0.164. The van der Waals surface area contributed by atoms with Crippen LogP contribution >= 0.6 is 11.6 Å². The molecule has 4 rings (SSSR count). The number of hydrogen-bond acceptors (Lipinski definition) is 10. The van der Waals surface area contributed by atoms with Gasteiger partial charge in [-0.2, -0.15) is 5.26 Å². The zero-order valence-electron chi connectivity index (χ0n) is 32.6. The van der Waals surface area contributed by atoms with E-state index in [1.807, 2.05) is 20.8 Å². The molecule has 2 aromatic rings. The van der Waals surface area contributed by atoms with Crippen molar-refractivity contribution in [3.05, 3.63) is 52.7 Å². The Morgan fingerprint density at radius 1 is 1.07 bits per heavy atom. The Morgan fingerprint density at radius 2 is 1.80 bits per heavy atom. The van der Waals surface area contributed by atoms with Crippen LogP contribution in [0.3, 0.4) is 0 Å². The van der Waals surface area contributed by atoms with E-state index >= 15 is 0 Å². The summed E-state index contributed by atoms with van der Waals surface area (Å²) in [4.78, 5) is 57.6. The number of likely N-dealkylation sites (N-methyl/N-ethyl adjacent to an activating group) is 1. The van der Waals surface area contributed by atoms with Gasteiger partial charge in [0.05, 0.1) is 22.8 Å². The average Bonchev–Trinajstić information content (AvgIpc) is 3.62. The lowest BCUT2D eigenvalue weighted by atomic mass is 9.49. The number of aromatic nitrogens is 1. The van der Waals surface area contributed by atoms with E-state index in [4.69, 9.17) is 26.3 Å². The van der Waals surface area contributed by atoms with Crippen molar-refractivity contribution in [3.63, 3.8) is 0 Å². The normalized spacial score (nSPS) is 20.5. The number of benzene rings is 1. The molecule has 294 valence electrons. The number of anilines is 1. The number of ether oxygens (including phenoxy) is 2. The molecule has 4 amide bonds. The summed E-state index contributed by atoms with van der Waals surface area (Å²) in [5.74, 6) is 0.110. The summed E-state index contributed by atoms with van der Waals surface area (Å²) < 4.78 is 11.9. The summed E-state index contributed by atoms with van der Waals surface area (Å²) in [6.45, 7) is 16.1. The highest BCUT2D eigenvalue weighted by atomic mass is 35.5. The predicted octanol–water partition coefficient (Wildman–Crippen LogP) is 3.50. The van der Waals surface area contributed by atoms with E-state index in [1.54, 1.807) is 48.5 Å². The monoisotopic (exact) mass is 766 g/mol. The van der Waals surface area contributed by atoms with E-state index in [0.717, 1.165) is 6.42 Å². The third-order valence-electron chi connectivity index (χ3n) is 10.2. The maximum absolute atomic E-state index is 13.4. The van der Waals surface area contributed by atoms with Gasteiger partial charge in [0.1, 0.15) is 42.4 Å². The number of amides is 4. The molecule has 2 aliphatic rings. The molecule has 1 saturated carbocycles. The molecule has 0 unspecified atom stereocenters. The van der Waals surface area contributed by atoms with Crippen molar-refractivity contribution in [1.82, 2.24) is 31.2 Å². The van der Waals surface area contributed by atoms with Gasteiger partial charge in [0.25, 0.3) is 5.91 Å². The predicted molar refractivity (Wildman–Crippen MR) is 206 cm³/mol. The summed E-state index contributed by atoms with van der Waals surface area (Å²) in [5.41, 5.74) is -0.510. The zero-order valence-corrected chi connectivity index (χ0v) is 33.4. The molecule has 1 aliphatic carbocycles. The highest BCUT2D eigenvalue weighted by Gasteiger charge is 2.64.